The molecule has 0 fully saturated rings. The molecule has 5 rings (SSSR count). The van der Waals surface area contributed by atoms with E-state index in [-0.39, 0.29) is 19.2 Å². The van der Waals surface area contributed by atoms with E-state index in [1.165, 1.54) is 33.6 Å². The number of ether oxygens (including phenoxy) is 3. The third-order valence-corrected chi connectivity index (χ3v) is 13.6. The molecule has 0 heterocycles. The Hall–Kier alpha value is -6.81. The molecule has 0 bridgehead atoms. The standard InChI is InChI=1S/C30H36N2O2.C19H23N.C17H37N5O4/c1-5-31(6-2)28-18-12-25(13-19-28)10-11-26-14-20-29(21-15-26)32(7-3)22-23-34-30(33)27-16-8-24(4)9-17-27;1-4-20(5-2)19-14-12-18(13-15-19)11-10-17-8-6-16(3)7-9-17;1-22(10-12-25-16(23)14(20)6-2-4-8-18)11-13-26-17(24)15(21)7-3-5-9-19/h8-21H,5-7,22-23H2,1-4H3;6-15H,4-5H2,1-3H3;14-15H,2-13,18-21H2,1H3/b2*11-10+;. The molecule has 5 aromatic carbocycles. The highest BCUT2D eigenvalue weighted by atomic mass is 16.5. The predicted octanol–water partition coefficient (Wildman–Crippen LogP) is 10.6. The maximum atomic E-state index is 12.2. The summed E-state index contributed by atoms with van der Waals surface area (Å²) < 4.78 is 15.8. The first-order valence-corrected chi connectivity index (χ1v) is 28.8. The number of aryl methyl sites for hydroxylation is 2. The number of hydrogen-bond donors (Lipinski definition) is 4. The Kier molecular flexibility index (Phi) is 33.3. The van der Waals surface area contributed by atoms with Crippen LogP contribution in [0, 0.1) is 13.8 Å². The highest BCUT2D eigenvalue weighted by Gasteiger charge is 2.17. The van der Waals surface area contributed by atoms with Crippen LogP contribution in [0.1, 0.15) is 117 Å². The summed E-state index contributed by atoms with van der Waals surface area (Å²) in [6.07, 6.45) is 13.1. The lowest BCUT2D eigenvalue weighted by molar-refractivity contribution is -0.146. The van der Waals surface area contributed by atoms with Gasteiger partial charge in [0.2, 0.25) is 0 Å². The molecule has 0 radical (unpaired) electrons. The van der Waals surface area contributed by atoms with E-state index in [9.17, 15) is 14.4 Å². The maximum absolute atomic E-state index is 12.2. The lowest BCUT2D eigenvalue weighted by Gasteiger charge is -2.23. The molecular weight excluding hydrogens is 1000 g/mol. The second-order valence-electron chi connectivity index (χ2n) is 19.7. The number of esters is 3. The van der Waals surface area contributed by atoms with Gasteiger partial charge in [-0.3, -0.25) is 14.5 Å². The van der Waals surface area contributed by atoms with Crippen LogP contribution in [0.15, 0.2) is 121 Å². The molecule has 2 unspecified atom stereocenters. The van der Waals surface area contributed by atoms with Gasteiger partial charge in [0.05, 0.1) is 12.1 Å². The molecule has 0 aliphatic rings. The molecule has 0 spiro atoms. The van der Waals surface area contributed by atoms with E-state index in [2.05, 4.69) is 178 Å². The lowest BCUT2D eigenvalue weighted by Crippen LogP contribution is -2.36. The Labute approximate surface area is 480 Å². The lowest BCUT2D eigenvalue weighted by atomic mass is 10.1. The normalized spacial score (nSPS) is 11.8. The van der Waals surface area contributed by atoms with Crippen LogP contribution in [0.5, 0.6) is 0 Å². The Morgan fingerprint density at radius 3 is 1.09 bits per heavy atom. The first-order valence-electron chi connectivity index (χ1n) is 28.8. The van der Waals surface area contributed by atoms with Gasteiger partial charge in [0.1, 0.15) is 31.9 Å². The van der Waals surface area contributed by atoms with Crippen LogP contribution in [0.25, 0.3) is 24.3 Å². The van der Waals surface area contributed by atoms with Gasteiger partial charge in [0.25, 0.3) is 0 Å². The Bertz CT molecular complexity index is 2480. The molecule has 0 saturated carbocycles. The van der Waals surface area contributed by atoms with Crippen LogP contribution in [-0.4, -0.2) is 127 Å². The molecule has 0 saturated heterocycles. The monoisotopic (exact) mass is 1100 g/mol. The number of hydrogen-bond acceptors (Lipinski definition) is 14. The second-order valence-corrected chi connectivity index (χ2v) is 19.7. The zero-order chi connectivity index (χ0) is 58.5. The molecule has 14 nitrogen and oxygen atoms in total. The van der Waals surface area contributed by atoms with E-state index >= 15 is 0 Å². The highest BCUT2D eigenvalue weighted by Crippen LogP contribution is 2.20. The minimum absolute atomic E-state index is 0.243. The molecule has 2 atom stereocenters. The van der Waals surface area contributed by atoms with E-state index in [0.717, 1.165) is 75.2 Å². The summed E-state index contributed by atoms with van der Waals surface area (Å²) in [6, 6.07) is 40.8. The van der Waals surface area contributed by atoms with Gasteiger partial charge in [-0.25, -0.2) is 4.79 Å². The van der Waals surface area contributed by atoms with Crippen molar-refractivity contribution in [3.05, 3.63) is 160 Å². The van der Waals surface area contributed by atoms with Gasteiger partial charge in [-0.1, -0.05) is 121 Å². The molecule has 8 N–H and O–H groups in total. The summed E-state index contributed by atoms with van der Waals surface area (Å²) in [7, 11) is 1.85. The molecule has 0 aromatic heterocycles. The number of anilines is 3. The van der Waals surface area contributed by atoms with Crippen molar-refractivity contribution in [2.75, 3.05) is 107 Å². The summed E-state index contributed by atoms with van der Waals surface area (Å²) in [5.74, 6) is -1.07. The molecule has 0 amide bonds. The summed E-state index contributed by atoms with van der Waals surface area (Å²) in [5.41, 5.74) is 33.8. The van der Waals surface area contributed by atoms with Crippen molar-refractivity contribution < 1.29 is 28.6 Å². The largest absolute Gasteiger partial charge is 0.463 e. The third-order valence-electron chi connectivity index (χ3n) is 13.6. The molecule has 436 valence electrons. The molecular formula is C66H96N8O6. The van der Waals surface area contributed by atoms with E-state index < -0.39 is 24.0 Å². The fourth-order valence-electron chi connectivity index (χ4n) is 8.30. The summed E-state index contributed by atoms with van der Waals surface area (Å²) in [4.78, 5) is 44.5. The molecule has 5 aromatic rings. The number of nitrogens with zero attached hydrogens (tertiary/aromatic N) is 4. The Balaban J connectivity index is 0.000000327. The smallest absolute Gasteiger partial charge is 0.338 e. The van der Waals surface area contributed by atoms with Crippen molar-refractivity contribution in [1.82, 2.24) is 4.90 Å². The van der Waals surface area contributed by atoms with Gasteiger partial charge in [0.15, 0.2) is 0 Å². The van der Waals surface area contributed by atoms with Gasteiger partial charge < -0.3 is 51.8 Å². The SMILES string of the molecule is CCN(CC)c1ccc(/C=C/c2ccc(C)cc2)cc1.CCN(CC)c1ccc(/C=C/c2ccc(N(CC)CCOC(=O)c3ccc(C)cc3)cc2)cc1.CN(CCOC(=O)C(N)CCCCN)CCOC(=O)C(N)CCCCN. The third kappa shape index (κ3) is 26.4. The number of benzene rings is 5. The minimum atomic E-state index is -0.603. The van der Waals surface area contributed by atoms with Gasteiger partial charge in [0, 0.05) is 62.9 Å². The van der Waals surface area contributed by atoms with Gasteiger partial charge in [-0.2, -0.15) is 0 Å². The molecule has 0 aliphatic carbocycles. The van der Waals surface area contributed by atoms with Crippen molar-refractivity contribution >= 4 is 59.3 Å². The Morgan fingerprint density at radius 1 is 0.438 bits per heavy atom. The van der Waals surface area contributed by atoms with Crippen LogP contribution in [0.3, 0.4) is 0 Å². The topological polar surface area (TPSA) is 196 Å². The van der Waals surface area contributed by atoms with Crippen LogP contribution in [0.2, 0.25) is 0 Å². The first kappa shape index (κ1) is 67.5. The van der Waals surface area contributed by atoms with E-state index in [1.807, 2.05) is 31.0 Å². The van der Waals surface area contributed by atoms with Gasteiger partial charge in [-0.05, 0) is 165 Å². The molecule has 0 aliphatic heterocycles. The van der Waals surface area contributed by atoms with Crippen LogP contribution < -0.4 is 37.6 Å². The highest BCUT2D eigenvalue weighted by molar-refractivity contribution is 5.89. The maximum Gasteiger partial charge on any atom is 0.338 e. The summed E-state index contributed by atoms with van der Waals surface area (Å²) >= 11 is 0. The van der Waals surface area contributed by atoms with Crippen LogP contribution >= 0.6 is 0 Å². The second kappa shape index (κ2) is 39.5. The van der Waals surface area contributed by atoms with Crippen molar-refractivity contribution in [3.8, 4) is 0 Å². The number of carbonyl (C=O) groups is 3. The van der Waals surface area contributed by atoms with Crippen molar-refractivity contribution in [3.63, 3.8) is 0 Å². The predicted molar refractivity (Wildman–Crippen MR) is 336 cm³/mol. The number of likely N-dealkylation sites (N-methyl/N-ethyl adjacent to an activating group) is 2. The molecule has 14 heteroatoms. The van der Waals surface area contributed by atoms with E-state index in [1.54, 1.807) is 12.1 Å². The summed E-state index contributed by atoms with van der Waals surface area (Å²) in [5, 5.41) is 0. The zero-order valence-electron chi connectivity index (χ0n) is 49.5. The quantitative estimate of drug-likeness (QED) is 0.0137. The zero-order valence-corrected chi connectivity index (χ0v) is 49.5. The van der Waals surface area contributed by atoms with Crippen molar-refractivity contribution in [2.45, 2.75) is 99.1 Å². The van der Waals surface area contributed by atoms with E-state index in [0.29, 0.717) is 57.7 Å². The van der Waals surface area contributed by atoms with Gasteiger partial charge >= 0.3 is 17.9 Å². The van der Waals surface area contributed by atoms with Crippen LogP contribution in [0.4, 0.5) is 17.1 Å². The molecule has 80 heavy (non-hydrogen) atoms. The fraction of sp³-hybridized carbons (Fsp3) is 0.439. The first-order chi connectivity index (χ1) is 38.7. The summed E-state index contributed by atoms with van der Waals surface area (Å²) in [6.45, 7) is 23.7. The minimum Gasteiger partial charge on any atom is -0.463 e. The number of unbranched alkanes of at least 4 members (excludes halogenated alkanes) is 2. The average Bonchev–Trinajstić information content (AvgIpc) is 3.47. The van der Waals surface area contributed by atoms with Gasteiger partial charge in [-0.15, -0.1) is 0 Å². The van der Waals surface area contributed by atoms with E-state index in [4.69, 9.17) is 37.1 Å². The average molecular weight is 1100 g/mol. The fourth-order valence-corrected chi connectivity index (χ4v) is 8.30. The Morgan fingerprint density at radius 2 is 0.750 bits per heavy atom. The number of carbonyl (C=O) groups excluding carboxylic acids is 3. The van der Waals surface area contributed by atoms with Crippen molar-refractivity contribution in [1.29, 1.82) is 0 Å². The number of rotatable bonds is 32. The number of nitrogens with two attached hydrogens (primary N) is 4. The van der Waals surface area contributed by atoms with Crippen molar-refractivity contribution in [2.24, 2.45) is 22.9 Å². The van der Waals surface area contributed by atoms with Crippen LogP contribution in [-0.2, 0) is 23.8 Å².